The molecule has 11 heteroatoms. The van der Waals surface area contributed by atoms with E-state index in [1.165, 1.54) is 0 Å². The van der Waals surface area contributed by atoms with Crippen LogP contribution in [0.2, 0.25) is 0 Å². The van der Waals surface area contributed by atoms with E-state index in [-0.39, 0.29) is 0 Å². The van der Waals surface area contributed by atoms with Gasteiger partial charge in [0.05, 0.1) is 0 Å². The minimum atomic E-state index is -5.94. The quantitative estimate of drug-likeness (QED) is 0.358. The normalized spacial score (nSPS) is 15.6. The van der Waals surface area contributed by atoms with E-state index in [2.05, 4.69) is 0 Å². The van der Waals surface area contributed by atoms with Crippen molar-refractivity contribution in [3.63, 3.8) is 0 Å². The van der Waals surface area contributed by atoms with Gasteiger partial charge in [-0.1, -0.05) is 0 Å². The maximum atomic E-state index is 11.4. The van der Waals surface area contributed by atoms with Gasteiger partial charge >= 0.3 is 25.8 Å². The molecule has 0 aliphatic carbocycles. The van der Waals surface area contributed by atoms with Crippen LogP contribution in [0, 0.1) is 0 Å². The van der Waals surface area contributed by atoms with Crippen LogP contribution in [0.15, 0.2) is 0 Å². The third-order valence-electron chi connectivity index (χ3n) is 0.687. The van der Waals surface area contributed by atoms with Gasteiger partial charge in [-0.15, -0.1) is 0 Å². The Labute approximate surface area is 73.6 Å². The average molecular weight is 230 g/mol. The van der Waals surface area contributed by atoms with Crippen molar-refractivity contribution >= 4 is 7.32 Å². The van der Waals surface area contributed by atoms with Crippen LogP contribution in [0.25, 0.3) is 0 Å². The summed E-state index contributed by atoms with van der Waals surface area (Å²) in [6.07, 6.45) is -10.4. The molecule has 0 amide bonds. The third kappa shape index (κ3) is 6.02. The van der Waals surface area contributed by atoms with Crippen molar-refractivity contribution in [2.24, 2.45) is 0 Å². The lowest BCUT2D eigenvalue weighted by Gasteiger charge is -2.20. The molecule has 0 aromatic rings. The van der Waals surface area contributed by atoms with Gasteiger partial charge in [0.15, 0.2) is 0 Å². The highest BCUT2D eigenvalue weighted by Crippen LogP contribution is 2.36. The van der Waals surface area contributed by atoms with Crippen LogP contribution in [0.1, 0.15) is 0 Å². The van der Waals surface area contributed by atoms with E-state index < -0.39 is 25.8 Å². The fraction of sp³-hybridized carbons (Fsp3) is 1.00. The summed E-state index contributed by atoms with van der Waals surface area (Å²) in [6.45, 7) is 0. The van der Waals surface area contributed by atoms with E-state index in [4.69, 9.17) is 20.2 Å². The predicted molar refractivity (Wildman–Crippen MR) is 30.5 cm³/mol. The SMILES string of the molecule is OB(O)O.OC(F)(C(F)F)C(F)(F)F. The van der Waals surface area contributed by atoms with Crippen LogP contribution in [-0.2, 0) is 0 Å². The molecule has 0 saturated carbocycles. The van der Waals surface area contributed by atoms with Crippen molar-refractivity contribution in [1.82, 2.24) is 0 Å². The van der Waals surface area contributed by atoms with Crippen molar-refractivity contribution in [3.05, 3.63) is 0 Å². The molecule has 14 heavy (non-hydrogen) atoms. The van der Waals surface area contributed by atoms with Crippen LogP contribution in [0.4, 0.5) is 26.3 Å². The molecule has 0 rings (SSSR count). The van der Waals surface area contributed by atoms with Gasteiger partial charge in [-0.05, 0) is 0 Å². The highest BCUT2D eigenvalue weighted by molar-refractivity contribution is 6.30. The molecule has 4 N–H and O–H groups in total. The zero-order chi connectivity index (χ0) is 12.2. The number of aliphatic hydroxyl groups is 1. The highest BCUT2D eigenvalue weighted by Gasteiger charge is 2.62. The van der Waals surface area contributed by atoms with Gasteiger partial charge in [0.25, 0.3) is 0 Å². The fourth-order valence-corrected chi connectivity index (χ4v) is 0.124. The lowest BCUT2D eigenvalue weighted by atomic mass is 10.3. The molecule has 0 radical (unpaired) electrons. The molecule has 0 aliphatic heterocycles. The smallest absolute Gasteiger partial charge is 0.402 e. The Morgan fingerprint density at radius 3 is 1.14 bits per heavy atom. The van der Waals surface area contributed by atoms with Crippen molar-refractivity contribution < 1.29 is 46.5 Å². The second-order valence-corrected chi connectivity index (χ2v) is 1.82. The van der Waals surface area contributed by atoms with Crippen LogP contribution in [0.5, 0.6) is 0 Å². The number of hydrogen-bond acceptors (Lipinski definition) is 4. The Morgan fingerprint density at radius 1 is 0.929 bits per heavy atom. The van der Waals surface area contributed by atoms with E-state index >= 15 is 0 Å². The van der Waals surface area contributed by atoms with Gasteiger partial charge in [-0.2, -0.15) is 17.6 Å². The van der Waals surface area contributed by atoms with Crippen LogP contribution in [0.3, 0.4) is 0 Å². The average Bonchev–Trinajstić information content (AvgIpc) is 1.82. The first-order valence-electron chi connectivity index (χ1n) is 2.73. The number of rotatable bonds is 1. The molecule has 0 aliphatic rings. The van der Waals surface area contributed by atoms with E-state index in [9.17, 15) is 26.3 Å². The summed E-state index contributed by atoms with van der Waals surface area (Å²) in [5.41, 5.74) is 0. The molecule has 1 unspecified atom stereocenters. The van der Waals surface area contributed by atoms with Crippen molar-refractivity contribution in [1.29, 1.82) is 0 Å². The minimum Gasteiger partial charge on any atom is -0.402 e. The Kier molecular flexibility index (Phi) is 6.13. The van der Waals surface area contributed by atoms with Gasteiger partial charge in [0, 0.05) is 0 Å². The first-order chi connectivity index (χ1) is 5.93. The molecule has 0 heterocycles. The minimum absolute atomic E-state index is 2.17. The fourth-order valence-electron chi connectivity index (χ4n) is 0.124. The molecule has 0 spiro atoms. The highest BCUT2D eigenvalue weighted by atomic mass is 19.4. The van der Waals surface area contributed by atoms with E-state index in [0.29, 0.717) is 0 Å². The Morgan fingerprint density at radius 2 is 1.14 bits per heavy atom. The van der Waals surface area contributed by atoms with Gasteiger partial charge in [-0.25, -0.2) is 8.78 Å². The predicted octanol–water partition coefficient (Wildman–Crippen LogP) is -0.580. The summed E-state index contributed by atoms with van der Waals surface area (Å²) >= 11 is 0. The maximum Gasteiger partial charge on any atom is 0.631 e. The number of alkyl halides is 6. The molecule has 0 fully saturated rings. The maximum absolute atomic E-state index is 11.4. The summed E-state index contributed by atoms with van der Waals surface area (Å²) in [5, 5.41) is 28.9. The Hall–Kier alpha value is -0.515. The molecular formula is C3H5BF6O4. The first-order valence-corrected chi connectivity index (χ1v) is 2.73. The molecule has 0 aromatic heterocycles. The molecule has 4 nitrogen and oxygen atoms in total. The van der Waals surface area contributed by atoms with E-state index in [1.807, 2.05) is 0 Å². The lowest BCUT2D eigenvalue weighted by Crippen LogP contribution is -2.47. The number of hydrogen-bond donors (Lipinski definition) is 4. The summed E-state index contributed by atoms with van der Waals surface area (Å²) < 4.78 is 66.3. The van der Waals surface area contributed by atoms with Crippen LogP contribution >= 0.6 is 0 Å². The molecular weight excluding hydrogens is 225 g/mol. The first kappa shape index (κ1) is 15.9. The van der Waals surface area contributed by atoms with Crippen molar-refractivity contribution in [3.8, 4) is 0 Å². The molecule has 0 bridgehead atoms. The summed E-state index contributed by atoms with van der Waals surface area (Å²) in [6, 6.07) is 0. The third-order valence-corrected chi connectivity index (χ3v) is 0.687. The van der Waals surface area contributed by atoms with Gasteiger partial charge in [0.2, 0.25) is 0 Å². The second-order valence-electron chi connectivity index (χ2n) is 1.82. The van der Waals surface area contributed by atoms with Gasteiger partial charge in [-0.3, -0.25) is 0 Å². The Bertz CT molecular complexity index is 155. The summed E-state index contributed by atoms with van der Waals surface area (Å²) in [7, 11) is -2.17. The van der Waals surface area contributed by atoms with Gasteiger partial charge < -0.3 is 20.2 Å². The molecule has 1 atom stereocenters. The van der Waals surface area contributed by atoms with Crippen LogP contribution < -0.4 is 0 Å². The zero-order valence-electron chi connectivity index (χ0n) is 6.21. The lowest BCUT2D eigenvalue weighted by molar-refractivity contribution is -0.352. The summed E-state index contributed by atoms with van der Waals surface area (Å²) in [4.78, 5) is 0. The summed E-state index contributed by atoms with van der Waals surface area (Å²) in [5.74, 6) is -5.40. The standard InChI is InChI=1S/C3H2F6O.BH3O3/c4-1(5)2(6,10)3(7,8)9;2-1(3)4/h1,10H;2-4H. The van der Waals surface area contributed by atoms with E-state index in [0.717, 1.165) is 0 Å². The number of halogens is 6. The van der Waals surface area contributed by atoms with Gasteiger partial charge in [0.1, 0.15) is 0 Å². The second kappa shape index (κ2) is 5.39. The van der Waals surface area contributed by atoms with Crippen molar-refractivity contribution in [2.75, 3.05) is 0 Å². The molecule has 0 saturated heterocycles. The zero-order valence-corrected chi connectivity index (χ0v) is 6.21. The molecule has 86 valence electrons. The van der Waals surface area contributed by atoms with Crippen LogP contribution in [-0.4, -0.2) is 46.0 Å². The largest absolute Gasteiger partial charge is 0.631 e. The molecule has 0 aromatic carbocycles. The monoisotopic (exact) mass is 230 g/mol. The van der Waals surface area contributed by atoms with Crippen molar-refractivity contribution in [2.45, 2.75) is 18.5 Å². The van der Waals surface area contributed by atoms with E-state index in [1.54, 1.807) is 0 Å². The Balaban J connectivity index is 0. The topological polar surface area (TPSA) is 80.9 Å².